The maximum atomic E-state index is 13.2. The van der Waals surface area contributed by atoms with E-state index in [0.29, 0.717) is 24.2 Å². The number of nitrogen functional groups attached to an aromatic ring is 1. The standard InChI is InChI=1S/C22H21F3N6S/c23-22(24,25)18-16(7-4-8-28-18)32-20-19(27)30-17(9-29-20)31-10-14-15(11-31)21(14,12-26)13-5-2-1-3-6-13/h1-9,14-15H,10-12,26H2,(H2,27,30). The molecule has 0 bridgehead atoms. The quantitative estimate of drug-likeness (QED) is 0.604. The summed E-state index contributed by atoms with van der Waals surface area (Å²) < 4.78 is 39.7. The van der Waals surface area contributed by atoms with E-state index in [9.17, 15) is 13.2 Å². The molecule has 3 aromatic rings. The van der Waals surface area contributed by atoms with Gasteiger partial charge in [-0.25, -0.2) is 9.97 Å². The highest BCUT2D eigenvalue weighted by Gasteiger charge is 2.68. The Kier molecular flexibility index (Phi) is 5.01. The summed E-state index contributed by atoms with van der Waals surface area (Å²) in [5.41, 5.74) is 12.6. The molecule has 5 rings (SSSR count). The minimum atomic E-state index is -4.56. The first-order chi connectivity index (χ1) is 15.3. The number of halogens is 3. The molecule has 4 N–H and O–H groups in total. The molecule has 2 atom stereocenters. The van der Waals surface area contributed by atoms with Crippen LogP contribution in [0.5, 0.6) is 0 Å². The molecular formula is C22H21F3N6S. The van der Waals surface area contributed by atoms with Gasteiger partial charge < -0.3 is 16.4 Å². The molecule has 2 aliphatic rings. The SMILES string of the molecule is NCC1(c2ccccc2)C2CN(c3cnc(Sc4cccnc4C(F)(F)F)c(N)n3)CC21. The molecule has 0 radical (unpaired) electrons. The van der Waals surface area contributed by atoms with Crippen LogP contribution < -0.4 is 16.4 Å². The molecule has 2 fully saturated rings. The maximum absolute atomic E-state index is 13.2. The molecule has 32 heavy (non-hydrogen) atoms. The number of pyridine rings is 1. The van der Waals surface area contributed by atoms with E-state index in [0.717, 1.165) is 31.0 Å². The molecule has 0 spiro atoms. The van der Waals surface area contributed by atoms with Gasteiger partial charge in [0.2, 0.25) is 0 Å². The van der Waals surface area contributed by atoms with Gasteiger partial charge in [-0.3, -0.25) is 4.98 Å². The van der Waals surface area contributed by atoms with Crippen LogP contribution in [0, 0.1) is 11.8 Å². The second-order valence-corrected chi connectivity index (χ2v) is 9.13. The van der Waals surface area contributed by atoms with Gasteiger partial charge >= 0.3 is 6.18 Å². The van der Waals surface area contributed by atoms with Gasteiger partial charge in [-0.1, -0.05) is 42.1 Å². The molecule has 0 amide bonds. The number of piperidine rings is 1. The third-order valence-electron chi connectivity index (χ3n) is 6.50. The van der Waals surface area contributed by atoms with Crippen molar-refractivity contribution in [1.82, 2.24) is 15.0 Å². The number of rotatable bonds is 5. The van der Waals surface area contributed by atoms with Crippen LogP contribution in [0.2, 0.25) is 0 Å². The average Bonchev–Trinajstić information content (AvgIpc) is 3.15. The van der Waals surface area contributed by atoms with Crippen molar-refractivity contribution < 1.29 is 13.2 Å². The van der Waals surface area contributed by atoms with Crippen molar-refractivity contribution in [2.24, 2.45) is 17.6 Å². The van der Waals surface area contributed by atoms with Crippen molar-refractivity contribution in [3.05, 3.63) is 66.1 Å². The van der Waals surface area contributed by atoms with E-state index in [1.807, 2.05) is 18.2 Å². The van der Waals surface area contributed by atoms with Crippen LogP contribution in [0.4, 0.5) is 24.8 Å². The monoisotopic (exact) mass is 458 g/mol. The van der Waals surface area contributed by atoms with Crippen LogP contribution in [0.25, 0.3) is 0 Å². The molecule has 3 heterocycles. The highest BCUT2D eigenvalue weighted by atomic mass is 32.2. The molecule has 2 aromatic heterocycles. The van der Waals surface area contributed by atoms with Gasteiger partial charge in [-0.15, -0.1) is 0 Å². The summed E-state index contributed by atoms with van der Waals surface area (Å²) in [6, 6.07) is 13.1. The predicted octanol–water partition coefficient (Wildman–Crippen LogP) is 3.59. The zero-order valence-corrected chi connectivity index (χ0v) is 17.8. The fourth-order valence-corrected chi connectivity index (χ4v) is 5.80. The first-order valence-corrected chi connectivity index (χ1v) is 11.0. The Morgan fingerprint density at radius 1 is 1.06 bits per heavy atom. The summed E-state index contributed by atoms with van der Waals surface area (Å²) in [4.78, 5) is 14.3. The van der Waals surface area contributed by atoms with Gasteiger partial charge in [0.05, 0.1) is 6.20 Å². The average molecular weight is 459 g/mol. The zero-order chi connectivity index (χ0) is 22.5. The number of nitrogens with two attached hydrogens (primary N) is 2. The lowest BCUT2D eigenvalue weighted by atomic mass is 9.90. The summed E-state index contributed by atoms with van der Waals surface area (Å²) in [5.74, 6) is 1.58. The third kappa shape index (κ3) is 3.38. The van der Waals surface area contributed by atoms with Crippen molar-refractivity contribution in [3.63, 3.8) is 0 Å². The molecule has 1 saturated heterocycles. The molecular weight excluding hydrogens is 437 g/mol. The molecule has 10 heteroatoms. The van der Waals surface area contributed by atoms with Crippen LogP contribution in [-0.4, -0.2) is 34.6 Å². The van der Waals surface area contributed by atoms with E-state index in [-0.39, 0.29) is 21.2 Å². The Hall–Kier alpha value is -2.85. The van der Waals surface area contributed by atoms with Crippen molar-refractivity contribution in [2.45, 2.75) is 21.5 Å². The van der Waals surface area contributed by atoms with Crippen molar-refractivity contribution >= 4 is 23.4 Å². The van der Waals surface area contributed by atoms with E-state index in [2.05, 4.69) is 32.0 Å². The summed E-state index contributed by atoms with van der Waals surface area (Å²) >= 11 is 0.813. The summed E-state index contributed by atoms with van der Waals surface area (Å²) in [7, 11) is 0. The Morgan fingerprint density at radius 3 is 2.41 bits per heavy atom. The molecule has 1 aliphatic carbocycles. The Morgan fingerprint density at radius 2 is 1.78 bits per heavy atom. The molecule has 1 aliphatic heterocycles. The molecule has 2 unspecified atom stereocenters. The highest BCUT2D eigenvalue weighted by Crippen LogP contribution is 2.63. The number of benzene rings is 1. The van der Waals surface area contributed by atoms with Crippen LogP contribution in [0.15, 0.2) is 64.8 Å². The number of fused-ring (bicyclic) bond motifs is 1. The van der Waals surface area contributed by atoms with Gasteiger partial charge in [-0.2, -0.15) is 13.2 Å². The molecule has 6 nitrogen and oxygen atoms in total. The van der Waals surface area contributed by atoms with Crippen molar-refractivity contribution in [3.8, 4) is 0 Å². The molecule has 1 saturated carbocycles. The Labute approximate surface area is 187 Å². The van der Waals surface area contributed by atoms with Crippen LogP contribution in [0.1, 0.15) is 11.3 Å². The van der Waals surface area contributed by atoms with Gasteiger partial charge in [0.15, 0.2) is 11.5 Å². The number of hydrogen-bond acceptors (Lipinski definition) is 7. The summed E-state index contributed by atoms with van der Waals surface area (Å²) in [6.07, 6.45) is -1.88. The number of aromatic nitrogens is 3. The largest absolute Gasteiger partial charge is 0.434 e. The zero-order valence-electron chi connectivity index (χ0n) is 17.0. The minimum absolute atomic E-state index is 0.000824. The predicted molar refractivity (Wildman–Crippen MR) is 116 cm³/mol. The minimum Gasteiger partial charge on any atom is -0.381 e. The second kappa shape index (κ2) is 7.63. The fraction of sp³-hybridized carbons (Fsp3) is 0.318. The smallest absolute Gasteiger partial charge is 0.381 e. The van der Waals surface area contributed by atoms with Crippen LogP contribution in [-0.2, 0) is 11.6 Å². The first kappa shape index (κ1) is 21.0. The van der Waals surface area contributed by atoms with E-state index in [1.54, 1.807) is 6.20 Å². The number of anilines is 2. The van der Waals surface area contributed by atoms with Crippen LogP contribution >= 0.6 is 11.8 Å². The molecule has 1 aromatic carbocycles. The van der Waals surface area contributed by atoms with E-state index in [4.69, 9.17) is 11.5 Å². The lowest BCUT2D eigenvalue weighted by molar-refractivity contribution is -0.143. The number of nitrogens with zero attached hydrogens (tertiary/aromatic N) is 4. The van der Waals surface area contributed by atoms with Gasteiger partial charge in [-0.05, 0) is 29.5 Å². The van der Waals surface area contributed by atoms with E-state index in [1.165, 1.54) is 17.7 Å². The lowest BCUT2D eigenvalue weighted by Gasteiger charge is -2.27. The number of hydrogen-bond donors (Lipinski definition) is 2. The topological polar surface area (TPSA) is 94.0 Å². The summed E-state index contributed by atoms with van der Waals surface area (Å²) in [6.45, 7) is 2.17. The van der Waals surface area contributed by atoms with E-state index >= 15 is 0 Å². The lowest BCUT2D eigenvalue weighted by Crippen LogP contribution is -2.35. The van der Waals surface area contributed by atoms with Crippen LogP contribution in [0.3, 0.4) is 0 Å². The summed E-state index contributed by atoms with van der Waals surface area (Å²) in [5, 5.41) is 0.220. The second-order valence-electron chi connectivity index (χ2n) is 8.10. The number of alkyl halides is 3. The van der Waals surface area contributed by atoms with Crippen molar-refractivity contribution in [2.75, 3.05) is 30.3 Å². The van der Waals surface area contributed by atoms with Crippen molar-refractivity contribution in [1.29, 1.82) is 0 Å². The van der Waals surface area contributed by atoms with Gasteiger partial charge in [0.25, 0.3) is 0 Å². The van der Waals surface area contributed by atoms with Gasteiger partial charge in [0, 0.05) is 36.1 Å². The Bertz CT molecular complexity index is 1130. The van der Waals surface area contributed by atoms with E-state index < -0.39 is 11.9 Å². The first-order valence-electron chi connectivity index (χ1n) is 10.2. The van der Waals surface area contributed by atoms with Gasteiger partial charge in [0.1, 0.15) is 10.8 Å². The normalized spacial score (nSPS) is 24.4. The fourth-order valence-electron chi connectivity index (χ4n) is 4.92. The molecule has 166 valence electrons. The Balaban J connectivity index is 1.32. The third-order valence-corrected chi connectivity index (χ3v) is 7.56. The maximum Gasteiger partial charge on any atom is 0.434 e. The highest BCUT2D eigenvalue weighted by molar-refractivity contribution is 7.99.